The second-order valence-corrected chi connectivity index (χ2v) is 10.1. The zero-order valence-electron chi connectivity index (χ0n) is 17.4. The molecule has 4 saturated carbocycles. The summed E-state index contributed by atoms with van der Waals surface area (Å²) in [5.74, 6) is 0.239. The summed E-state index contributed by atoms with van der Waals surface area (Å²) in [6.07, 6.45) is 7.20. The van der Waals surface area contributed by atoms with E-state index in [1.54, 1.807) is 11.8 Å². The molecule has 5 aliphatic rings. The van der Waals surface area contributed by atoms with Gasteiger partial charge in [0.15, 0.2) is 0 Å². The Morgan fingerprint density at radius 3 is 2.33 bits per heavy atom. The van der Waals surface area contributed by atoms with Crippen LogP contribution in [0, 0.1) is 34.8 Å². The van der Waals surface area contributed by atoms with Crippen LogP contribution in [0.3, 0.4) is 0 Å². The number of nitrogens with zero attached hydrogens (tertiary/aromatic N) is 1. The fourth-order valence-corrected chi connectivity index (χ4v) is 7.08. The predicted molar refractivity (Wildman–Crippen MR) is 106 cm³/mol. The molecule has 4 bridgehead atoms. The number of hydrogen-bond donors (Lipinski definition) is 0. The first kappa shape index (κ1) is 20.0. The highest BCUT2D eigenvalue weighted by atomic mass is 19.1. The lowest BCUT2D eigenvalue weighted by molar-refractivity contribution is -0.167. The lowest BCUT2D eigenvalue weighted by Crippen LogP contribution is -2.56. The van der Waals surface area contributed by atoms with Gasteiger partial charge in [0.1, 0.15) is 23.8 Å². The van der Waals surface area contributed by atoms with E-state index < -0.39 is 29.7 Å². The number of halogens is 2. The summed E-state index contributed by atoms with van der Waals surface area (Å²) in [5.41, 5.74) is -0.145. The highest BCUT2D eigenvalue weighted by Gasteiger charge is 2.57. The van der Waals surface area contributed by atoms with E-state index in [-0.39, 0.29) is 16.9 Å². The number of rotatable bonds is 4. The van der Waals surface area contributed by atoms with Crippen molar-refractivity contribution in [1.82, 2.24) is 4.90 Å². The molecular formula is C24H29F2NO3. The molecule has 30 heavy (non-hydrogen) atoms. The minimum atomic E-state index is -0.838. The molecule has 0 spiro atoms. The Kier molecular flexibility index (Phi) is 4.86. The maximum Gasteiger partial charge on any atom is 0.329 e. The number of benzene rings is 1. The summed E-state index contributed by atoms with van der Waals surface area (Å²) in [4.78, 5) is 28.4. The van der Waals surface area contributed by atoms with Crippen LogP contribution in [0.15, 0.2) is 18.2 Å². The van der Waals surface area contributed by atoms with Crippen LogP contribution in [0.5, 0.6) is 0 Å². The Hall–Kier alpha value is -1.98. The molecule has 1 aromatic carbocycles. The van der Waals surface area contributed by atoms with Crippen molar-refractivity contribution >= 4 is 11.9 Å². The lowest BCUT2D eigenvalue weighted by atomic mass is 9.49. The summed E-state index contributed by atoms with van der Waals surface area (Å²) >= 11 is 0. The number of amides is 1. The standard InChI is InChI=1S/C24H29F2NO3/c1-14(19-5-4-18(25)10-20(19)26)30-22(28)21-3-2-6-27(21)23(29)24-11-15-7-16(12-24)9-17(8-15)13-24/h4-5,10,14-17,21H,2-3,6-9,11-13H2,1H3. The molecule has 5 fully saturated rings. The molecule has 1 heterocycles. The highest BCUT2D eigenvalue weighted by Crippen LogP contribution is 2.60. The Bertz CT molecular complexity index is 835. The van der Waals surface area contributed by atoms with Crippen LogP contribution in [0.4, 0.5) is 8.78 Å². The fraction of sp³-hybridized carbons (Fsp3) is 0.667. The first-order chi connectivity index (χ1) is 14.3. The summed E-state index contributed by atoms with van der Waals surface area (Å²) < 4.78 is 32.8. The minimum absolute atomic E-state index is 0.140. The van der Waals surface area contributed by atoms with Crippen molar-refractivity contribution in [3.8, 4) is 0 Å². The largest absolute Gasteiger partial charge is 0.456 e. The van der Waals surface area contributed by atoms with Crippen LogP contribution in [0.2, 0.25) is 0 Å². The molecule has 1 aliphatic heterocycles. The van der Waals surface area contributed by atoms with Crippen LogP contribution in [0.1, 0.15) is 70.0 Å². The first-order valence-electron chi connectivity index (χ1n) is 11.3. The molecule has 0 N–H and O–H groups in total. The number of hydrogen-bond acceptors (Lipinski definition) is 3. The molecular weight excluding hydrogens is 388 g/mol. The zero-order valence-corrected chi connectivity index (χ0v) is 17.4. The summed E-state index contributed by atoms with van der Waals surface area (Å²) in [6.45, 7) is 2.16. The summed E-state index contributed by atoms with van der Waals surface area (Å²) in [6, 6.07) is 2.64. The smallest absolute Gasteiger partial charge is 0.329 e. The average molecular weight is 417 g/mol. The van der Waals surface area contributed by atoms with Gasteiger partial charge in [0, 0.05) is 18.2 Å². The van der Waals surface area contributed by atoms with Gasteiger partial charge in [-0.25, -0.2) is 13.6 Å². The quantitative estimate of drug-likeness (QED) is 0.663. The van der Waals surface area contributed by atoms with Gasteiger partial charge in [-0.1, -0.05) is 0 Å². The average Bonchev–Trinajstić information content (AvgIpc) is 3.16. The van der Waals surface area contributed by atoms with Crippen LogP contribution in [0.25, 0.3) is 0 Å². The molecule has 162 valence electrons. The molecule has 6 rings (SSSR count). The monoisotopic (exact) mass is 417 g/mol. The molecule has 1 saturated heterocycles. The van der Waals surface area contributed by atoms with E-state index in [9.17, 15) is 18.4 Å². The van der Waals surface area contributed by atoms with E-state index in [1.807, 2.05) is 0 Å². The van der Waals surface area contributed by atoms with E-state index in [1.165, 1.54) is 25.3 Å². The van der Waals surface area contributed by atoms with Crippen molar-refractivity contribution in [2.45, 2.75) is 70.4 Å². The third-order valence-corrected chi connectivity index (χ3v) is 7.97. The molecule has 2 unspecified atom stereocenters. The molecule has 1 aromatic rings. The summed E-state index contributed by atoms with van der Waals surface area (Å²) in [5, 5.41) is 0. The molecule has 2 atom stereocenters. The maximum atomic E-state index is 14.1. The predicted octanol–water partition coefficient (Wildman–Crippen LogP) is 4.78. The third-order valence-electron chi connectivity index (χ3n) is 7.97. The molecule has 0 radical (unpaired) electrons. The number of likely N-dealkylation sites (tertiary alicyclic amines) is 1. The molecule has 6 heteroatoms. The Morgan fingerprint density at radius 1 is 1.10 bits per heavy atom. The second-order valence-electron chi connectivity index (χ2n) is 10.1. The number of carbonyl (C=O) groups is 2. The Morgan fingerprint density at radius 2 is 1.73 bits per heavy atom. The van der Waals surface area contributed by atoms with Gasteiger partial charge in [0.25, 0.3) is 0 Å². The summed E-state index contributed by atoms with van der Waals surface area (Å²) in [7, 11) is 0. The topological polar surface area (TPSA) is 46.6 Å². The highest BCUT2D eigenvalue weighted by molar-refractivity contribution is 5.89. The van der Waals surface area contributed by atoms with Crippen molar-refractivity contribution < 1.29 is 23.1 Å². The van der Waals surface area contributed by atoms with Gasteiger partial charge in [0.05, 0.1) is 5.41 Å². The van der Waals surface area contributed by atoms with Gasteiger partial charge in [-0.2, -0.15) is 0 Å². The van der Waals surface area contributed by atoms with Gasteiger partial charge in [-0.3, -0.25) is 4.79 Å². The lowest BCUT2D eigenvalue weighted by Gasteiger charge is -2.56. The van der Waals surface area contributed by atoms with Gasteiger partial charge < -0.3 is 9.64 Å². The molecule has 1 amide bonds. The Balaban J connectivity index is 1.30. The fourth-order valence-electron chi connectivity index (χ4n) is 7.08. The normalized spacial score (nSPS) is 35.5. The first-order valence-corrected chi connectivity index (χ1v) is 11.3. The van der Waals surface area contributed by atoms with Crippen LogP contribution >= 0.6 is 0 Å². The van der Waals surface area contributed by atoms with E-state index >= 15 is 0 Å². The zero-order chi connectivity index (χ0) is 21.0. The van der Waals surface area contributed by atoms with Crippen molar-refractivity contribution in [3.63, 3.8) is 0 Å². The van der Waals surface area contributed by atoms with E-state index in [4.69, 9.17) is 4.74 Å². The Labute approximate surface area is 176 Å². The number of carbonyl (C=O) groups excluding carboxylic acids is 2. The van der Waals surface area contributed by atoms with Crippen molar-refractivity contribution in [3.05, 3.63) is 35.4 Å². The third kappa shape index (κ3) is 3.32. The second kappa shape index (κ2) is 7.31. The maximum absolute atomic E-state index is 14.1. The van der Waals surface area contributed by atoms with E-state index in [0.29, 0.717) is 30.7 Å². The van der Waals surface area contributed by atoms with Crippen LogP contribution in [-0.2, 0) is 14.3 Å². The van der Waals surface area contributed by atoms with E-state index in [2.05, 4.69) is 0 Å². The van der Waals surface area contributed by atoms with Crippen LogP contribution in [-0.4, -0.2) is 29.4 Å². The molecule has 4 aliphatic carbocycles. The van der Waals surface area contributed by atoms with Crippen molar-refractivity contribution in [2.75, 3.05) is 6.54 Å². The van der Waals surface area contributed by atoms with Crippen LogP contribution < -0.4 is 0 Å². The SMILES string of the molecule is CC(OC(=O)C1CCCN1C(=O)C12CC3CC(CC(C3)C1)C2)c1ccc(F)cc1F. The molecule has 0 aromatic heterocycles. The van der Waals surface area contributed by atoms with E-state index in [0.717, 1.165) is 37.8 Å². The number of esters is 1. The van der Waals surface area contributed by atoms with Gasteiger partial charge in [-0.15, -0.1) is 0 Å². The van der Waals surface area contributed by atoms with Gasteiger partial charge >= 0.3 is 5.97 Å². The van der Waals surface area contributed by atoms with Crippen molar-refractivity contribution in [1.29, 1.82) is 0 Å². The molecule has 4 nitrogen and oxygen atoms in total. The van der Waals surface area contributed by atoms with Gasteiger partial charge in [-0.05, 0) is 88.2 Å². The van der Waals surface area contributed by atoms with Crippen molar-refractivity contribution in [2.24, 2.45) is 23.2 Å². The van der Waals surface area contributed by atoms with Gasteiger partial charge in [0.2, 0.25) is 5.91 Å². The minimum Gasteiger partial charge on any atom is -0.456 e. The number of ether oxygens (including phenoxy) is 1.